The maximum absolute atomic E-state index is 12.2. The lowest BCUT2D eigenvalue weighted by atomic mass is 9.99. The number of hydrogen-bond acceptors (Lipinski definition) is 8. The number of esters is 1. The minimum Gasteiger partial charge on any atom is -0.515 e. The van der Waals surface area contributed by atoms with E-state index in [2.05, 4.69) is 20.3 Å². The number of ether oxygens (including phenoxy) is 1. The van der Waals surface area contributed by atoms with Crippen molar-refractivity contribution < 1.29 is 14.6 Å². The molecule has 2 N–H and O–H groups in total. The molecule has 1 aromatic carbocycles. The van der Waals surface area contributed by atoms with E-state index in [-0.39, 0.29) is 12.2 Å². The van der Waals surface area contributed by atoms with Crippen LogP contribution in [0.25, 0.3) is 0 Å². The number of nitrogens with zero attached hydrogens (tertiary/aromatic N) is 4. The summed E-state index contributed by atoms with van der Waals surface area (Å²) < 4.78 is 5.09. The fourth-order valence-electron chi connectivity index (χ4n) is 3.06. The van der Waals surface area contributed by atoms with Gasteiger partial charge in [0.2, 0.25) is 0 Å². The molecule has 1 aliphatic rings. The molecule has 2 heterocycles. The van der Waals surface area contributed by atoms with Crippen molar-refractivity contribution >= 4 is 46.6 Å². The Bertz CT molecular complexity index is 1050. The van der Waals surface area contributed by atoms with Crippen molar-refractivity contribution in [2.45, 2.75) is 0 Å². The number of pyridine rings is 1. The van der Waals surface area contributed by atoms with Crippen molar-refractivity contribution in [1.82, 2.24) is 4.98 Å². The van der Waals surface area contributed by atoms with Gasteiger partial charge in [0.05, 0.1) is 29.8 Å². The van der Waals surface area contributed by atoms with E-state index in [0.717, 1.165) is 23.3 Å². The summed E-state index contributed by atoms with van der Waals surface area (Å²) in [5, 5.41) is 13.3. The topological polar surface area (TPSA) is 99.4 Å². The summed E-state index contributed by atoms with van der Waals surface area (Å²) in [7, 11) is 5.44. The summed E-state index contributed by atoms with van der Waals surface area (Å²) in [5.41, 5.74) is 4.01. The van der Waals surface area contributed by atoms with Crippen LogP contribution in [0.5, 0.6) is 0 Å². The highest BCUT2D eigenvalue weighted by atomic mass is 35.5. The molecule has 0 radical (unpaired) electrons. The van der Waals surface area contributed by atoms with Crippen molar-refractivity contribution in [2.24, 2.45) is 9.98 Å². The van der Waals surface area contributed by atoms with Crippen molar-refractivity contribution in [3.63, 3.8) is 0 Å². The van der Waals surface area contributed by atoms with Crippen LogP contribution in [0.15, 0.2) is 52.3 Å². The van der Waals surface area contributed by atoms with Gasteiger partial charge in [-0.05, 0) is 24.3 Å². The van der Waals surface area contributed by atoms with Crippen molar-refractivity contribution in [1.29, 1.82) is 0 Å². The monoisotopic (exact) mass is 427 g/mol. The van der Waals surface area contributed by atoms with Gasteiger partial charge in [-0.1, -0.05) is 11.6 Å². The van der Waals surface area contributed by atoms with Crippen LogP contribution in [0, 0.1) is 0 Å². The highest BCUT2D eigenvalue weighted by Crippen LogP contribution is 2.30. The molecule has 0 spiro atoms. The molecule has 1 aliphatic heterocycles. The van der Waals surface area contributed by atoms with Gasteiger partial charge in [0.15, 0.2) is 0 Å². The van der Waals surface area contributed by atoms with Gasteiger partial charge in [-0.25, -0.2) is 9.78 Å². The Hall–Kier alpha value is -3.39. The predicted molar refractivity (Wildman–Crippen MR) is 120 cm³/mol. The minimum absolute atomic E-state index is 0.0125. The average Bonchev–Trinajstić information content (AvgIpc) is 2.91. The van der Waals surface area contributed by atoms with E-state index < -0.39 is 5.97 Å². The molecule has 0 saturated carbocycles. The molecule has 0 unspecified atom stereocenters. The second kappa shape index (κ2) is 9.41. The second-order valence-corrected chi connectivity index (χ2v) is 6.97. The molecular weight excluding hydrogens is 406 g/mol. The van der Waals surface area contributed by atoms with Crippen LogP contribution in [-0.2, 0) is 9.53 Å². The number of aromatic nitrogens is 1. The van der Waals surface area contributed by atoms with E-state index in [9.17, 15) is 9.90 Å². The van der Waals surface area contributed by atoms with Crippen molar-refractivity contribution in [2.75, 3.05) is 44.5 Å². The number of aliphatic hydroxyl groups excluding tert-OH is 1. The normalized spacial score (nSPS) is 15.7. The third-order valence-electron chi connectivity index (χ3n) is 4.41. The van der Waals surface area contributed by atoms with Gasteiger partial charge in [0, 0.05) is 50.5 Å². The number of cyclic esters (lactones) is 1. The van der Waals surface area contributed by atoms with Crippen LogP contribution in [-0.4, -0.2) is 62.3 Å². The predicted octanol–water partition coefficient (Wildman–Crippen LogP) is 3.38. The lowest BCUT2D eigenvalue weighted by Gasteiger charge is -2.20. The molecule has 0 saturated heterocycles. The zero-order chi connectivity index (χ0) is 21.7. The third-order valence-corrected chi connectivity index (χ3v) is 4.71. The van der Waals surface area contributed by atoms with E-state index in [1.54, 1.807) is 25.5 Å². The first-order chi connectivity index (χ1) is 14.5. The van der Waals surface area contributed by atoms with Crippen LogP contribution in [0.4, 0.5) is 17.1 Å². The lowest BCUT2D eigenvalue weighted by molar-refractivity contribution is -0.137. The Morgan fingerprint density at radius 2 is 2.13 bits per heavy atom. The molecule has 0 atom stereocenters. The van der Waals surface area contributed by atoms with Crippen molar-refractivity contribution in [3.8, 4) is 0 Å². The summed E-state index contributed by atoms with van der Waals surface area (Å²) in [6.07, 6.45) is 3.97. The largest absolute Gasteiger partial charge is 0.515 e. The first-order valence-corrected chi connectivity index (χ1v) is 9.55. The number of carbonyl (C=O) groups excluding carboxylic acids is 1. The first kappa shape index (κ1) is 21.3. The van der Waals surface area contributed by atoms with Gasteiger partial charge in [0.25, 0.3) is 0 Å². The lowest BCUT2D eigenvalue weighted by Crippen LogP contribution is -2.19. The summed E-state index contributed by atoms with van der Waals surface area (Å²) in [6.45, 7) is 0.462. The highest BCUT2D eigenvalue weighted by molar-refractivity contribution is 6.32. The van der Waals surface area contributed by atoms with Crippen LogP contribution < -0.4 is 10.2 Å². The second-order valence-electron chi connectivity index (χ2n) is 6.61. The standard InChI is InChI=1S/C21H22ClN5O3/c1-23-11-15-17(6-7-25-20(15)22)26-13-4-5-18(27(2)3)14(10-13)19-16(12-28)21(29)30-9-8-24-19/h4-7,10-12,28H,8-9H2,1-3H3,(H,25,26). The molecule has 1 aromatic heterocycles. The number of aliphatic hydroxyl groups is 1. The van der Waals surface area contributed by atoms with E-state index in [0.29, 0.717) is 28.5 Å². The Morgan fingerprint density at radius 3 is 2.83 bits per heavy atom. The van der Waals surface area contributed by atoms with Crippen LogP contribution in [0.1, 0.15) is 11.1 Å². The van der Waals surface area contributed by atoms with Crippen LogP contribution >= 0.6 is 11.6 Å². The SMILES string of the molecule is CN=Cc1c(Nc2ccc(N(C)C)c(C3=NCCOC(=O)C3=CO)c2)ccnc1Cl. The molecule has 0 amide bonds. The number of benzene rings is 1. The van der Waals surface area contributed by atoms with Gasteiger partial charge in [-0.15, -0.1) is 0 Å². The number of nitrogens with one attached hydrogen (secondary N) is 1. The third kappa shape index (κ3) is 4.44. The van der Waals surface area contributed by atoms with Gasteiger partial charge in [-0.3, -0.25) is 9.98 Å². The average molecular weight is 428 g/mol. The summed E-state index contributed by atoms with van der Waals surface area (Å²) in [6, 6.07) is 7.46. The number of aliphatic imine (C=N–C) groups is 2. The van der Waals surface area contributed by atoms with Gasteiger partial charge in [0.1, 0.15) is 17.3 Å². The molecule has 0 aliphatic carbocycles. The first-order valence-electron chi connectivity index (χ1n) is 9.18. The van der Waals surface area contributed by atoms with E-state index in [1.165, 1.54) is 0 Å². The quantitative estimate of drug-likeness (QED) is 0.249. The minimum atomic E-state index is -0.612. The van der Waals surface area contributed by atoms with Gasteiger partial charge >= 0.3 is 5.97 Å². The molecule has 156 valence electrons. The number of anilines is 3. The number of hydrogen-bond donors (Lipinski definition) is 2. The summed E-state index contributed by atoms with van der Waals surface area (Å²) in [4.78, 5) is 26.8. The molecule has 8 nitrogen and oxygen atoms in total. The maximum atomic E-state index is 12.2. The summed E-state index contributed by atoms with van der Waals surface area (Å²) >= 11 is 6.21. The number of halogens is 1. The van der Waals surface area contributed by atoms with Crippen molar-refractivity contribution in [3.05, 3.63) is 58.6 Å². The Morgan fingerprint density at radius 1 is 1.33 bits per heavy atom. The van der Waals surface area contributed by atoms with E-state index >= 15 is 0 Å². The molecule has 0 fully saturated rings. The maximum Gasteiger partial charge on any atom is 0.343 e. The van der Waals surface area contributed by atoms with Gasteiger partial charge < -0.3 is 20.1 Å². The van der Waals surface area contributed by atoms with Gasteiger partial charge in [-0.2, -0.15) is 0 Å². The molecule has 9 heteroatoms. The molecule has 3 rings (SSSR count). The molecule has 0 bridgehead atoms. The van der Waals surface area contributed by atoms with Crippen LogP contribution in [0.3, 0.4) is 0 Å². The fourth-order valence-corrected chi connectivity index (χ4v) is 3.26. The Kier molecular flexibility index (Phi) is 6.68. The highest BCUT2D eigenvalue weighted by Gasteiger charge is 2.25. The molecule has 30 heavy (non-hydrogen) atoms. The Balaban J connectivity index is 2.10. The molecule has 2 aromatic rings. The Labute approximate surface area is 179 Å². The van der Waals surface area contributed by atoms with E-state index in [1.807, 2.05) is 37.2 Å². The zero-order valence-corrected chi connectivity index (χ0v) is 17.6. The fraction of sp³-hybridized carbons (Fsp3) is 0.238. The summed E-state index contributed by atoms with van der Waals surface area (Å²) in [5.74, 6) is -0.612. The molecular formula is C21H22ClN5O3. The number of rotatable bonds is 5. The smallest absolute Gasteiger partial charge is 0.343 e. The zero-order valence-electron chi connectivity index (χ0n) is 16.9. The van der Waals surface area contributed by atoms with E-state index in [4.69, 9.17) is 16.3 Å². The van der Waals surface area contributed by atoms with Crippen LogP contribution in [0.2, 0.25) is 5.15 Å². The number of carbonyl (C=O) groups is 1.